The number of hydrogen-bond donors (Lipinski definition) is 0. The van der Waals surface area contributed by atoms with Gasteiger partial charge in [-0.3, -0.25) is 9.59 Å². The number of hydrogen-bond acceptors (Lipinski definition) is 6. The first-order chi connectivity index (χ1) is 14.8. The largest absolute Gasteiger partial charge is 0.495 e. The number of rotatable bonds is 7. The van der Waals surface area contributed by atoms with Crippen molar-refractivity contribution in [2.45, 2.75) is 37.7 Å². The highest BCUT2D eigenvalue weighted by atomic mass is 32.2. The number of nitrogens with zero attached hydrogens (tertiary/aromatic N) is 3. The van der Waals surface area contributed by atoms with Crippen molar-refractivity contribution in [2.24, 2.45) is 0 Å². The van der Waals surface area contributed by atoms with Gasteiger partial charge in [-0.2, -0.15) is 4.31 Å². The van der Waals surface area contributed by atoms with Crippen molar-refractivity contribution in [3.8, 4) is 5.75 Å². The number of carbonyl (C=O) groups is 2. The van der Waals surface area contributed by atoms with Gasteiger partial charge in [-0.1, -0.05) is 13.8 Å². The Morgan fingerprint density at radius 2 is 1.77 bits per heavy atom. The summed E-state index contributed by atoms with van der Waals surface area (Å²) in [6, 6.07) is 4.48. The van der Waals surface area contributed by atoms with E-state index in [9.17, 15) is 18.0 Å². The Morgan fingerprint density at radius 1 is 1.13 bits per heavy atom. The summed E-state index contributed by atoms with van der Waals surface area (Å²) in [6.45, 7) is 6.44. The lowest BCUT2D eigenvalue weighted by Gasteiger charge is -2.35. The van der Waals surface area contributed by atoms with Gasteiger partial charge in [-0.15, -0.1) is 0 Å². The molecule has 2 aliphatic rings. The van der Waals surface area contributed by atoms with Crippen molar-refractivity contribution in [3.63, 3.8) is 0 Å². The first kappa shape index (κ1) is 23.5. The number of amides is 2. The molecule has 1 aromatic carbocycles. The summed E-state index contributed by atoms with van der Waals surface area (Å²) in [4.78, 5) is 28.9. The van der Waals surface area contributed by atoms with Gasteiger partial charge >= 0.3 is 0 Å². The molecule has 2 fully saturated rings. The van der Waals surface area contributed by atoms with E-state index in [-0.39, 0.29) is 34.1 Å². The molecule has 1 atom stereocenters. The lowest BCUT2D eigenvalue weighted by Crippen LogP contribution is -2.52. The van der Waals surface area contributed by atoms with Crippen LogP contribution in [0.3, 0.4) is 0 Å². The van der Waals surface area contributed by atoms with E-state index in [0.717, 1.165) is 12.8 Å². The zero-order valence-electron chi connectivity index (χ0n) is 18.4. The number of methoxy groups -OCH3 is 1. The second-order valence-electron chi connectivity index (χ2n) is 7.57. The van der Waals surface area contributed by atoms with Crippen LogP contribution in [0.2, 0.25) is 0 Å². The predicted molar refractivity (Wildman–Crippen MR) is 115 cm³/mol. The molecular formula is C21H31N3O6S. The third-order valence-electron chi connectivity index (χ3n) is 5.82. The van der Waals surface area contributed by atoms with E-state index < -0.39 is 10.0 Å². The zero-order chi connectivity index (χ0) is 22.6. The third-order valence-corrected chi connectivity index (χ3v) is 7.89. The van der Waals surface area contributed by atoms with Gasteiger partial charge in [0.25, 0.3) is 11.8 Å². The second-order valence-corrected chi connectivity index (χ2v) is 9.48. The average Bonchev–Trinajstić information content (AvgIpc) is 3.33. The Bertz CT molecular complexity index is 902. The van der Waals surface area contributed by atoms with E-state index in [4.69, 9.17) is 9.47 Å². The van der Waals surface area contributed by atoms with Crippen molar-refractivity contribution in [2.75, 3.05) is 53.0 Å². The first-order valence-electron chi connectivity index (χ1n) is 10.7. The molecule has 0 N–H and O–H groups in total. The maximum absolute atomic E-state index is 13.1. The molecule has 1 aromatic rings. The molecule has 9 nitrogen and oxygen atoms in total. The van der Waals surface area contributed by atoms with E-state index in [1.807, 2.05) is 0 Å². The van der Waals surface area contributed by atoms with E-state index >= 15 is 0 Å². The Hall–Kier alpha value is -2.17. The van der Waals surface area contributed by atoms with Gasteiger partial charge in [0.1, 0.15) is 16.7 Å². The molecule has 0 aromatic heterocycles. The van der Waals surface area contributed by atoms with Gasteiger partial charge in [-0.25, -0.2) is 8.42 Å². The number of ether oxygens (including phenoxy) is 2. The number of benzene rings is 1. The summed E-state index contributed by atoms with van der Waals surface area (Å²) >= 11 is 0. The zero-order valence-corrected chi connectivity index (χ0v) is 19.2. The summed E-state index contributed by atoms with van der Waals surface area (Å²) in [6.07, 6.45) is 1.27. The Labute approximate surface area is 183 Å². The Balaban J connectivity index is 1.74. The van der Waals surface area contributed by atoms with Crippen LogP contribution < -0.4 is 4.74 Å². The minimum atomic E-state index is -3.79. The normalized spacial score (nSPS) is 19.7. The minimum Gasteiger partial charge on any atom is -0.495 e. The molecule has 0 saturated carbocycles. The van der Waals surface area contributed by atoms with Crippen molar-refractivity contribution in [1.29, 1.82) is 0 Å². The lowest BCUT2D eigenvalue weighted by molar-refractivity contribution is -0.142. The van der Waals surface area contributed by atoms with Gasteiger partial charge in [0, 0.05) is 51.4 Å². The second kappa shape index (κ2) is 9.97. The van der Waals surface area contributed by atoms with Crippen LogP contribution in [-0.2, 0) is 19.6 Å². The van der Waals surface area contributed by atoms with Crippen LogP contribution in [0.25, 0.3) is 0 Å². The number of sulfonamides is 1. The molecule has 2 heterocycles. The standard InChI is InChI=1S/C21H31N3O6S/c1-4-24(5-2)31(27,28)19-15-16(8-9-17(19)29-3)20(25)22-10-12-23(13-11-22)21(26)18-7-6-14-30-18/h8-9,15,18H,4-7,10-14H2,1-3H3. The summed E-state index contributed by atoms with van der Waals surface area (Å²) in [5.74, 6) is -0.0695. The first-order valence-corrected chi connectivity index (χ1v) is 12.1. The highest BCUT2D eigenvalue weighted by Gasteiger charge is 2.32. The van der Waals surface area contributed by atoms with Crippen LogP contribution in [0.4, 0.5) is 0 Å². The summed E-state index contributed by atoms with van der Waals surface area (Å²) < 4.78 is 38.1. The minimum absolute atomic E-state index is 0.0124. The highest BCUT2D eigenvalue weighted by molar-refractivity contribution is 7.89. The average molecular weight is 454 g/mol. The molecule has 1 unspecified atom stereocenters. The molecule has 172 valence electrons. The molecule has 31 heavy (non-hydrogen) atoms. The van der Waals surface area contributed by atoms with Crippen LogP contribution in [-0.4, -0.2) is 93.4 Å². The van der Waals surface area contributed by atoms with Gasteiger partial charge in [0.15, 0.2) is 0 Å². The topological polar surface area (TPSA) is 96.5 Å². The molecule has 0 bridgehead atoms. The van der Waals surface area contributed by atoms with Crippen molar-refractivity contribution in [3.05, 3.63) is 23.8 Å². The van der Waals surface area contributed by atoms with Crippen molar-refractivity contribution >= 4 is 21.8 Å². The maximum atomic E-state index is 13.1. The van der Waals surface area contributed by atoms with E-state index in [0.29, 0.717) is 45.9 Å². The van der Waals surface area contributed by atoms with Crippen molar-refractivity contribution < 1.29 is 27.5 Å². The van der Waals surface area contributed by atoms with E-state index in [1.165, 1.54) is 23.5 Å². The van der Waals surface area contributed by atoms with Gasteiger partial charge < -0.3 is 19.3 Å². The van der Waals surface area contributed by atoms with Crippen LogP contribution >= 0.6 is 0 Å². The van der Waals surface area contributed by atoms with Crippen LogP contribution in [0.1, 0.15) is 37.0 Å². The molecule has 10 heteroatoms. The number of piperazine rings is 1. The van der Waals surface area contributed by atoms with Crippen LogP contribution in [0, 0.1) is 0 Å². The highest BCUT2D eigenvalue weighted by Crippen LogP contribution is 2.28. The van der Waals surface area contributed by atoms with Crippen LogP contribution in [0.5, 0.6) is 5.75 Å². The summed E-state index contributed by atoms with van der Waals surface area (Å²) in [5.41, 5.74) is 0.283. The summed E-state index contributed by atoms with van der Waals surface area (Å²) in [5, 5.41) is 0. The summed E-state index contributed by atoms with van der Waals surface area (Å²) in [7, 11) is -2.38. The SMILES string of the molecule is CCN(CC)S(=O)(=O)c1cc(C(=O)N2CCN(C(=O)C3CCCO3)CC2)ccc1OC. The van der Waals surface area contributed by atoms with Crippen LogP contribution in [0.15, 0.2) is 23.1 Å². The van der Waals surface area contributed by atoms with Gasteiger partial charge in [-0.05, 0) is 31.0 Å². The smallest absolute Gasteiger partial charge is 0.254 e. The molecule has 3 rings (SSSR count). The Morgan fingerprint density at radius 3 is 2.32 bits per heavy atom. The number of carbonyl (C=O) groups excluding carboxylic acids is 2. The fourth-order valence-electron chi connectivity index (χ4n) is 4.00. The quantitative estimate of drug-likeness (QED) is 0.615. The van der Waals surface area contributed by atoms with Gasteiger partial charge in [0.2, 0.25) is 10.0 Å². The fourth-order valence-corrected chi connectivity index (χ4v) is 5.64. The third kappa shape index (κ3) is 4.86. The molecule has 2 saturated heterocycles. The van der Waals surface area contributed by atoms with E-state index in [1.54, 1.807) is 29.7 Å². The molecule has 2 amide bonds. The molecule has 0 aliphatic carbocycles. The van der Waals surface area contributed by atoms with E-state index in [2.05, 4.69) is 0 Å². The fraction of sp³-hybridized carbons (Fsp3) is 0.619. The lowest BCUT2D eigenvalue weighted by atomic mass is 10.1. The Kier molecular flexibility index (Phi) is 7.55. The maximum Gasteiger partial charge on any atom is 0.254 e. The molecule has 0 radical (unpaired) electrons. The molecular weight excluding hydrogens is 422 g/mol. The van der Waals surface area contributed by atoms with Gasteiger partial charge in [0.05, 0.1) is 7.11 Å². The van der Waals surface area contributed by atoms with Crippen molar-refractivity contribution in [1.82, 2.24) is 14.1 Å². The molecule has 0 spiro atoms. The monoisotopic (exact) mass is 453 g/mol. The molecule has 2 aliphatic heterocycles. The predicted octanol–water partition coefficient (Wildman–Crippen LogP) is 1.19.